The van der Waals surface area contributed by atoms with E-state index in [1.54, 1.807) is 6.92 Å². The van der Waals surface area contributed by atoms with Crippen molar-refractivity contribution in [3.8, 4) is 0 Å². The molecule has 0 saturated carbocycles. The Bertz CT molecular complexity index is 2410. The summed E-state index contributed by atoms with van der Waals surface area (Å²) < 4.78 is 0. The highest BCUT2D eigenvalue weighted by molar-refractivity contribution is 6.24. The normalized spacial score (nSPS) is 13.2. The van der Waals surface area contributed by atoms with Crippen LogP contribution in [-0.4, -0.2) is 16.7 Å². The Morgan fingerprint density at radius 3 is 1.30 bits per heavy atom. The number of benzene rings is 8. The van der Waals surface area contributed by atoms with Crippen molar-refractivity contribution in [2.45, 2.75) is 97.6 Å². The third-order valence-corrected chi connectivity index (χ3v) is 12.3. The van der Waals surface area contributed by atoms with Gasteiger partial charge >= 0.3 is 0 Å². The summed E-state index contributed by atoms with van der Waals surface area (Å²) in [5.74, 6) is -0.735. The van der Waals surface area contributed by atoms with Gasteiger partial charge in [-0.25, -0.2) is 0 Å². The molecule has 8 rings (SSSR count). The van der Waals surface area contributed by atoms with Gasteiger partial charge in [-0.1, -0.05) is 180 Å². The lowest BCUT2D eigenvalue weighted by atomic mass is 9.81. The number of unbranched alkanes of at least 4 members (excludes halogenated alkanes) is 9. The smallest absolute Gasteiger partial charge is 0.238 e. The zero-order chi connectivity index (χ0) is 37.2. The van der Waals surface area contributed by atoms with Gasteiger partial charge in [-0.05, 0) is 89.1 Å². The molecule has 2 amide bonds. The summed E-state index contributed by atoms with van der Waals surface area (Å²) in [6.07, 6.45) is 12.3. The molecule has 0 aromatic heterocycles. The van der Waals surface area contributed by atoms with Crippen molar-refractivity contribution in [1.29, 1.82) is 0 Å². The second-order valence-corrected chi connectivity index (χ2v) is 16.0. The number of primary amides is 1. The summed E-state index contributed by atoms with van der Waals surface area (Å²) in [5.41, 5.74) is 7.03. The minimum atomic E-state index is -1.31. The topological polar surface area (TPSA) is 63.4 Å². The lowest BCUT2D eigenvalue weighted by Crippen LogP contribution is -2.49. The van der Waals surface area contributed by atoms with Crippen molar-refractivity contribution in [1.82, 2.24) is 4.90 Å². The molecule has 0 bridgehead atoms. The zero-order valence-corrected chi connectivity index (χ0v) is 31.9. The van der Waals surface area contributed by atoms with Crippen LogP contribution in [0.15, 0.2) is 109 Å². The Kier molecular flexibility index (Phi) is 10.1. The van der Waals surface area contributed by atoms with Crippen molar-refractivity contribution in [2.24, 2.45) is 11.1 Å². The van der Waals surface area contributed by atoms with Crippen LogP contribution in [0.1, 0.15) is 95.6 Å². The molecule has 4 nitrogen and oxygen atoms in total. The molecule has 0 aliphatic carbocycles. The van der Waals surface area contributed by atoms with Crippen LogP contribution < -0.4 is 5.73 Å². The Hall–Kier alpha value is -5.22. The molecule has 1 unspecified atom stereocenters. The molecule has 54 heavy (non-hydrogen) atoms. The Morgan fingerprint density at radius 1 is 0.500 bits per heavy atom. The van der Waals surface area contributed by atoms with Crippen molar-refractivity contribution in [3.63, 3.8) is 0 Å². The summed E-state index contributed by atoms with van der Waals surface area (Å²) >= 11 is 0. The molecule has 0 spiro atoms. The fraction of sp³-hybridized carbons (Fsp3) is 0.320. The van der Waals surface area contributed by atoms with E-state index in [1.165, 1.54) is 98.8 Å². The van der Waals surface area contributed by atoms with Gasteiger partial charge in [0.1, 0.15) is 5.41 Å². The molecule has 0 aliphatic rings. The van der Waals surface area contributed by atoms with Crippen LogP contribution in [0.25, 0.3) is 64.6 Å². The highest BCUT2D eigenvalue weighted by Gasteiger charge is 2.42. The number of carbonyl (C=O) groups is 2. The fourth-order valence-electron chi connectivity index (χ4n) is 9.13. The second-order valence-electron chi connectivity index (χ2n) is 16.0. The van der Waals surface area contributed by atoms with E-state index in [4.69, 9.17) is 5.73 Å². The van der Waals surface area contributed by atoms with E-state index in [2.05, 4.69) is 116 Å². The maximum atomic E-state index is 15.1. The summed E-state index contributed by atoms with van der Waals surface area (Å²) in [5, 5.41) is 14.4. The molecule has 4 heteroatoms. The number of carbonyl (C=O) groups excluding carboxylic acids is 2. The van der Waals surface area contributed by atoms with Crippen LogP contribution in [-0.2, 0) is 22.7 Å². The van der Waals surface area contributed by atoms with Gasteiger partial charge in [0.25, 0.3) is 0 Å². The molecule has 0 aliphatic heterocycles. The van der Waals surface area contributed by atoms with Gasteiger partial charge in [0.2, 0.25) is 11.8 Å². The average Bonchev–Trinajstić information content (AvgIpc) is 3.20. The highest BCUT2D eigenvalue weighted by atomic mass is 16.2. The standard InChI is InChI=1S/C50H52N2O2/c1-3-4-5-6-7-8-9-10-11-12-31-50(2,48(51)53)49(54)52(32-40-25-23-38-21-19-34-15-13-17-36-27-29-42(40)46(38)44(34)36)33-41-26-24-39-22-20-35-16-14-18-37-28-30-43(41)47(39)45(35)37/h13-30H,3-12,31-33H2,1-2H3,(H2,51,53). The van der Waals surface area contributed by atoms with E-state index in [1.807, 2.05) is 4.90 Å². The number of amides is 2. The van der Waals surface area contributed by atoms with Gasteiger partial charge in [-0.2, -0.15) is 0 Å². The van der Waals surface area contributed by atoms with Crippen molar-refractivity contribution >= 4 is 76.4 Å². The van der Waals surface area contributed by atoms with E-state index in [0.29, 0.717) is 19.5 Å². The first-order valence-corrected chi connectivity index (χ1v) is 20.3. The minimum Gasteiger partial charge on any atom is -0.369 e. The molecule has 0 radical (unpaired) electrons. The number of nitrogens with zero attached hydrogens (tertiary/aromatic N) is 1. The van der Waals surface area contributed by atoms with Crippen LogP contribution in [0.3, 0.4) is 0 Å². The number of rotatable bonds is 17. The molecule has 274 valence electrons. The van der Waals surface area contributed by atoms with Crippen LogP contribution in [0.2, 0.25) is 0 Å². The second kappa shape index (κ2) is 15.3. The fourth-order valence-corrected chi connectivity index (χ4v) is 9.13. The first kappa shape index (κ1) is 35.8. The van der Waals surface area contributed by atoms with Crippen molar-refractivity contribution in [2.75, 3.05) is 0 Å². The summed E-state index contributed by atoms with van der Waals surface area (Å²) in [6.45, 7) is 4.78. The Balaban J connectivity index is 1.13. The van der Waals surface area contributed by atoms with Crippen LogP contribution in [0, 0.1) is 5.41 Å². The van der Waals surface area contributed by atoms with Crippen LogP contribution in [0.4, 0.5) is 0 Å². The predicted octanol–water partition coefficient (Wildman–Crippen LogP) is 12.8. The molecule has 8 aromatic rings. The Morgan fingerprint density at radius 2 is 0.870 bits per heavy atom. The van der Waals surface area contributed by atoms with Gasteiger partial charge in [-0.3, -0.25) is 9.59 Å². The average molecular weight is 713 g/mol. The SMILES string of the molecule is CCCCCCCCCCCCC(C)(C(N)=O)C(=O)N(Cc1ccc2ccc3cccc4ccc1c2c34)Cc1ccc2ccc3cccc4ccc1c2c34. The van der Waals surface area contributed by atoms with E-state index < -0.39 is 11.3 Å². The first-order valence-electron chi connectivity index (χ1n) is 20.3. The Labute approximate surface area is 319 Å². The van der Waals surface area contributed by atoms with Gasteiger partial charge in [0, 0.05) is 13.1 Å². The first-order chi connectivity index (χ1) is 26.4. The van der Waals surface area contributed by atoms with E-state index in [-0.39, 0.29) is 5.91 Å². The maximum Gasteiger partial charge on any atom is 0.238 e. The molecule has 2 N–H and O–H groups in total. The summed E-state index contributed by atoms with van der Waals surface area (Å²) in [6, 6.07) is 39.2. The molecule has 1 atom stereocenters. The third-order valence-electron chi connectivity index (χ3n) is 12.3. The zero-order valence-electron chi connectivity index (χ0n) is 31.9. The monoisotopic (exact) mass is 712 g/mol. The maximum absolute atomic E-state index is 15.1. The molecule has 8 aromatic carbocycles. The van der Waals surface area contributed by atoms with Gasteiger partial charge in [0.05, 0.1) is 0 Å². The molecule has 0 fully saturated rings. The number of hydrogen-bond donors (Lipinski definition) is 1. The minimum absolute atomic E-state index is 0.192. The lowest BCUT2D eigenvalue weighted by Gasteiger charge is -2.33. The largest absolute Gasteiger partial charge is 0.369 e. The quantitative estimate of drug-likeness (QED) is 0.0580. The lowest BCUT2D eigenvalue weighted by molar-refractivity contribution is -0.150. The summed E-state index contributed by atoms with van der Waals surface area (Å²) in [7, 11) is 0. The van der Waals surface area contributed by atoms with Crippen molar-refractivity contribution in [3.05, 3.63) is 120 Å². The molecule has 0 saturated heterocycles. The molecule has 0 heterocycles. The number of hydrogen-bond acceptors (Lipinski definition) is 2. The van der Waals surface area contributed by atoms with Crippen LogP contribution in [0.5, 0.6) is 0 Å². The number of nitrogens with two attached hydrogens (primary N) is 1. The molecular formula is C50H52N2O2. The summed E-state index contributed by atoms with van der Waals surface area (Å²) in [4.78, 5) is 30.4. The van der Waals surface area contributed by atoms with E-state index in [9.17, 15) is 4.79 Å². The predicted molar refractivity (Wildman–Crippen MR) is 228 cm³/mol. The van der Waals surface area contributed by atoms with Gasteiger partial charge < -0.3 is 10.6 Å². The molecular weight excluding hydrogens is 661 g/mol. The highest BCUT2D eigenvalue weighted by Crippen LogP contribution is 2.39. The van der Waals surface area contributed by atoms with Crippen LogP contribution >= 0.6 is 0 Å². The van der Waals surface area contributed by atoms with Gasteiger partial charge in [-0.15, -0.1) is 0 Å². The third kappa shape index (κ3) is 6.61. The van der Waals surface area contributed by atoms with Gasteiger partial charge in [0.15, 0.2) is 0 Å². The van der Waals surface area contributed by atoms with Crippen molar-refractivity contribution < 1.29 is 9.59 Å². The van der Waals surface area contributed by atoms with E-state index in [0.717, 1.165) is 41.2 Å². The van der Waals surface area contributed by atoms with E-state index >= 15 is 4.79 Å².